The van der Waals surface area contributed by atoms with Crippen LogP contribution in [0.5, 0.6) is 5.75 Å². The molecule has 1 fully saturated rings. The number of rotatable bonds is 6. The van der Waals surface area contributed by atoms with Crippen molar-refractivity contribution in [2.24, 2.45) is 0 Å². The predicted octanol–water partition coefficient (Wildman–Crippen LogP) is 3.89. The second-order valence-electron chi connectivity index (χ2n) is 9.13. The molecule has 0 aromatic heterocycles. The molecule has 2 aromatic rings. The maximum Gasteiger partial charge on any atom is 0.261 e. The van der Waals surface area contributed by atoms with Crippen molar-refractivity contribution in [2.75, 3.05) is 18.1 Å². The first-order valence-corrected chi connectivity index (χ1v) is 12.1. The van der Waals surface area contributed by atoms with E-state index in [9.17, 15) is 13.2 Å². The number of nitrogens with zero attached hydrogens (tertiary/aromatic N) is 1. The molecular formula is C24H31NO4S. The molecule has 0 N–H and O–H groups in total. The van der Waals surface area contributed by atoms with Gasteiger partial charge in [0, 0.05) is 12.6 Å². The van der Waals surface area contributed by atoms with Gasteiger partial charge in [0.25, 0.3) is 5.91 Å². The molecule has 1 atom stereocenters. The molecule has 162 valence electrons. The molecule has 0 radical (unpaired) electrons. The van der Waals surface area contributed by atoms with Gasteiger partial charge in [0.1, 0.15) is 5.75 Å². The summed E-state index contributed by atoms with van der Waals surface area (Å²) < 4.78 is 29.7. The topological polar surface area (TPSA) is 63.7 Å². The van der Waals surface area contributed by atoms with Crippen LogP contribution in [-0.2, 0) is 26.6 Å². The molecule has 1 amide bonds. The van der Waals surface area contributed by atoms with Crippen molar-refractivity contribution in [2.45, 2.75) is 52.1 Å². The summed E-state index contributed by atoms with van der Waals surface area (Å²) in [4.78, 5) is 14.7. The molecule has 1 saturated heterocycles. The second-order valence-corrected chi connectivity index (χ2v) is 11.4. The van der Waals surface area contributed by atoms with Gasteiger partial charge in [-0.15, -0.1) is 0 Å². The summed E-state index contributed by atoms with van der Waals surface area (Å²) in [6.45, 7) is 8.72. The third-order valence-corrected chi connectivity index (χ3v) is 7.28. The number of hydrogen-bond donors (Lipinski definition) is 0. The van der Waals surface area contributed by atoms with Crippen LogP contribution < -0.4 is 4.74 Å². The Labute approximate surface area is 180 Å². The van der Waals surface area contributed by atoms with Crippen molar-refractivity contribution < 1.29 is 17.9 Å². The van der Waals surface area contributed by atoms with Crippen LogP contribution in [0.15, 0.2) is 48.5 Å². The van der Waals surface area contributed by atoms with Crippen molar-refractivity contribution in [3.05, 3.63) is 65.2 Å². The fraction of sp³-hybridized carbons (Fsp3) is 0.458. The first-order valence-electron chi connectivity index (χ1n) is 10.3. The number of aryl methyl sites for hydroxylation is 1. The van der Waals surface area contributed by atoms with Crippen LogP contribution in [0.25, 0.3) is 0 Å². The van der Waals surface area contributed by atoms with Crippen molar-refractivity contribution >= 4 is 15.7 Å². The lowest BCUT2D eigenvalue weighted by molar-refractivity contribution is -0.136. The summed E-state index contributed by atoms with van der Waals surface area (Å²) >= 11 is 0. The molecule has 1 aliphatic rings. The van der Waals surface area contributed by atoms with Crippen molar-refractivity contribution in [1.82, 2.24) is 4.90 Å². The average Bonchev–Trinajstić information content (AvgIpc) is 3.04. The molecule has 0 saturated carbocycles. The highest BCUT2D eigenvalue weighted by atomic mass is 32.2. The van der Waals surface area contributed by atoms with Crippen molar-refractivity contribution in [1.29, 1.82) is 0 Å². The number of carbonyl (C=O) groups excluding carboxylic acids is 1. The molecular weight excluding hydrogens is 398 g/mol. The maximum absolute atomic E-state index is 13.0. The van der Waals surface area contributed by atoms with E-state index in [2.05, 4.69) is 32.9 Å². The molecule has 0 spiro atoms. The monoisotopic (exact) mass is 429 g/mol. The quantitative estimate of drug-likeness (QED) is 0.699. The van der Waals surface area contributed by atoms with Gasteiger partial charge in [-0.05, 0) is 42.0 Å². The van der Waals surface area contributed by atoms with Crippen LogP contribution in [0.1, 0.15) is 43.9 Å². The number of benzene rings is 2. The first-order chi connectivity index (χ1) is 14.0. The van der Waals surface area contributed by atoms with Crippen molar-refractivity contribution in [3.8, 4) is 5.75 Å². The van der Waals surface area contributed by atoms with E-state index in [4.69, 9.17) is 4.74 Å². The fourth-order valence-corrected chi connectivity index (χ4v) is 5.34. The van der Waals surface area contributed by atoms with Crippen LogP contribution in [-0.4, -0.2) is 43.4 Å². The zero-order valence-corrected chi connectivity index (χ0v) is 19.0. The number of carbonyl (C=O) groups is 1. The smallest absolute Gasteiger partial charge is 0.261 e. The average molecular weight is 430 g/mol. The van der Waals surface area contributed by atoms with Gasteiger partial charge in [0.15, 0.2) is 16.4 Å². The van der Waals surface area contributed by atoms with Crippen LogP contribution >= 0.6 is 0 Å². The summed E-state index contributed by atoms with van der Waals surface area (Å²) in [5.41, 5.74) is 3.37. The van der Waals surface area contributed by atoms with Crippen LogP contribution in [0.3, 0.4) is 0 Å². The molecule has 5 nitrogen and oxygen atoms in total. The molecule has 3 rings (SSSR count). The summed E-state index contributed by atoms with van der Waals surface area (Å²) in [6, 6.07) is 15.4. The van der Waals surface area contributed by atoms with Gasteiger partial charge in [-0.2, -0.15) is 0 Å². The Kier molecular flexibility index (Phi) is 6.56. The lowest BCUT2D eigenvalue weighted by Crippen LogP contribution is -2.43. The molecule has 30 heavy (non-hydrogen) atoms. The van der Waals surface area contributed by atoms with Gasteiger partial charge in [-0.25, -0.2) is 8.42 Å². The molecule has 0 unspecified atom stereocenters. The van der Waals surface area contributed by atoms with Gasteiger partial charge < -0.3 is 9.64 Å². The zero-order valence-electron chi connectivity index (χ0n) is 18.2. The SMILES string of the molecule is Cc1ccc(OCC(=O)N(Cc2ccc(C(C)(C)C)cc2)[C@H]2CCS(=O)(=O)C2)cc1. The summed E-state index contributed by atoms with van der Waals surface area (Å²) in [5, 5.41) is 0. The number of amides is 1. The summed E-state index contributed by atoms with van der Waals surface area (Å²) in [7, 11) is -3.10. The van der Waals surface area contributed by atoms with E-state index in [0.717, 1.165) is 11.1 Å². The predicted molar refractivity (Wildman–Crippen MR) is 119 cm³/mol. The Morgan fingerprint density at radius 2 is 1.70 bits per heavy atom. The van der Waals surface area contributed by atoms with Gasteiger partial charge in [0.2, 0.25) is 0 Å². The fourth-order valence-electron chi connectivity index (χ4n) is 3.61. The minimum absolute atomic E-state index is 0.0172. The zero-order chi connectivity index (χ0) is 21.9. The van der Waals surface area contributed by atoms with Crippen LogP contribution in [0, 0.1) is 6.92 Å². The van der Waals surface area contributed by atoms with E-state index in [0.29, 0.717) is 18.7 Å². The normalized spacial score (nSPS) is 18.2. The molecule has 0 aliphatic carbocycles. The Bertz CT molecular complexity index is 973. The van der Waals surface area contributed by atoms with E-state index < -0.39 is 9.84 Å². The van der Waals surface area contributed by atoms with Crippen LogP contribution in [0.4, 0.5) is 0 Å². The van der Waals surface area contributed by atoms with E-state index in [1.165, 1.54) is 5.56 Å². The van der Waals surface area contributed by atoms with Gasteiger partial charge >= 0.3 is 0 Å². The molecule has 1 heterocycles. The van der Waals surface area contributed by atoms with E-state index in [1.54, 1.807) is 4.90 Å². The van der Waals surface area contributed by atoms with Gasteiger partial charge in [-0.1, -0.05) is 62.7 Å². The first kappa shape index (κ1) is 22.3. The number of ether oxygens (including phenoxy) is 1. The molecule has 1 aliphatic heterocycles. The van der Waals surface area contributed by atoms with Crippen molar-refractivity contribution in [3.63, 3.8) is 0 Å². The van der Waals surface area contributed by atoms with Gasteiger partial charge in [0.05, 0.1) is 11.5 Å². The Hall–Kier alpha value is -2.34. The van der Waals surface area contributed by atoms with E-state index in [-0.39, 0.29) is 35.5 Å². The van der Waals surface area contributed by atoms with E-state index in [1.807, 2.05) is 43.3 Å². The van der Waals surface area contributed by atoms with E-state index >= 15 is 0 Å². The summed E-state index contributed by atoms with van der Waals surface area (Å²) in [5.74, 6) is 0.576. The lowest BCUT2D eigenvalue weighted by atomic mass is 9.86. The van der Waals surface area contributed by atoms with Crippen LogP contribution in [0.2, 0.25) is 0 Å². The largest absolute Gasteiger partial charge is 0.484 e. The minimum atomic E-state index is -3.10. The standard InChI is InChI=1S/C24H31NO4S/c1-18-5-11-22(12-6-18)29-16-23(26)25(21-13-14-30(27,28)17-21)15-19-7-9-20(10-8-19)24(2,3)4/h5-12,21H,13-17H2,1-4H3/t21-/m0/s1. The highest BCUT2D eigenvalue weighted by Crippen LogP contribution is 2.24. The minimum Gasteiger partial charge on any atom is -0.484 e. The highest BCUT2D eigenvalue weighted by molar-refractivity contribution is 7.91. The lowest BCUT2D eigenvalue weighted by Gasteiger charge is -2.29. The highest BCUT2D eigenvalue weighted by Gasteiger charge is 2.34. The Morgan fingerprint density at radius 3 is 2.23 bits per heavy atom. The third-order valence-electron chi connectivity index (χ3n) is 5.53. The Morgan fingerprint density at radius 1 is 1.07 bits per heavy atom. The molecule has 6 heteroatoms. The second kappa shape index (κ2) is 8.80. The maximum atomic E-state index is 13.0. The Balaban J connectivity index is 1.74. The van der Waals surface area contributed by atoms with Gasteiger partial charge in [-0.3, -0.25) is 4.79 Å². The molecule has 2 aromatic carbocycles. The summed E-state index contributed by atoms with van der Waals surface area (Å²) in [6.07, 6.45) is 0.471. The number of sulfone groups is 1. The number of hydrogen-bond acceptors (Lipinski definition) is 4. The molecule has 0 bridgehead atoms. The third kappa shape index (κ3) is 5.85.